The van der Waals surface area contributed by atoms with Crippen molar-refractivity contribution in [3.05, 3.63) is 65.2 Å². The van der Waals surface area contributed by atoms with Crippen LogP contribution < -0.4 is 10.7 Å². The second-order valence-electron chi connectivity index (χ2n) is 5.13. The van der Waals surface area contributed by atoms with Crippen LogP contribution in [0.2, 0.25) is 0 Å². The highest BCUT2D eigenvalue weighted by Crippen LogP contribution is 2.07. The largest absolute Gasteiger partial charge is 0.465 e. The molecule has 0 aromatic heterocycles. The molecule has 0 aliphatic rings. The van der Waals surface area contributed by atoms with Crippen LogP contribution in [0.1, 0.15) is 21.5 Å². The molecule has 6 heteroatoms. The number of benzene rings is 2. The molecule has 0 bridgehead atoms. The molecule has 0 fully saturated rings. The number of carbonyl (C=O) groups excluding carboxylic acids is 2. The zero-order valence-electron chi connectivity index (χ0n) is 13.6. The van der Waals surface area contributed by atoms with Gasteiger partial charge in [0.25, 0.3) is 5.91 Å². The summed E-state index contributed by atoms with van der Waals surface area (Å²) in [7, 11) is 1.33. The van der Waals surface area contributed by atoms with E-state index in [9.17, 15) is 9.59 Å². The Morgan fingerprint density at radius 1 is 1.08 bits per heavy atom. The van der Waals surface area contributed by atoms with Crippen molar-refractivity contribution in [1.29, 1.82) is 0 Å². The van der Waals surface area contributed by atoms with Gasteiger partial charge in [-0.25, -0.2) is 10.2 Å². The predicted octanol–water partition coefficient (Wildman–Crippen LogP) is 2.34. The van der Waals surface area contributed by atoms with Crippen LogP contribution in [-0.2, 0) is 9.53 Å². The van der Waals surface area contributed by atoms with Crippen molar-refractivity contribution in [1.82, 2.24) is 5.43 Å². The van der Waals surface area contributed by atoms with E-state index in [1.165, 1.54) is 13.3 Å². The third-order valence-corrected chi connectivity index (χ3v) is 3.24. The SMILES string of the molecule is COC(=O)c1ccc(/C=N/NC(=O)CNc2ccc(C)cc2)cc1. The smallest absolute Gasteiger partial charge is 0.337 e. The van der Waals surface area contributed by atoms with Gasteiger partial charge in [0.1, 0.15) is 0 Å². The van der Waals surface area contributed by atoms with Crippen molar-refractivity contribution in [3.63, 3.8) is 0 Å². The summed E-state index contributed by atoms with van der Waals surface area (Å²) < 4.78 is 4.62. The van der Waals surface area contributed by atoms with Crippen LogP contribution in [0.25, 0.3) is 0 Å². The fourth-order valence-electron chi connectivity index (χ4n) is 1.90. The third kappa shape index (κ3) is 5.24. The van der Waals surface area contributed by atoms with Crippen molar-refractivity contribution in [2.24, 2.45) is 5.10 Å². The molecule has 2 aromatic carbocycles. The standard InChI is InChI=1S/C18H19N3O3/c1-13-3-9-16(10-4-13)19-12-17(22)21-20-11-14-5-7-15(8-6-14)18(23)24-2/h3-11,19H,12H2,1-2H3,(H,21,22)/b20-11+. The monoisotopic (exact) mass is 325 g/mol. The van der Waals surface area contributed by atoms with Crippen molar-refractivity contribution in [2.45, 2.75) is 6.92 Å². The van der Waals surface area contributed by atoms with Gasteiger partial charge < -0.3 is 10.1 Å². The Hall–Kier alpha value is -3.15. The Labute approximate surface area is 140 Å². The van der Waals surface area contributed by atoms with E-state index in [-0.39, 0.29) is 12.5 Å². The van der Waals surface area contributed by atoms with Crippen LogP contribution in [0.5, 0.6) is 0 Å². The van der Waals surface area contributed by atoms with Crippen LogP contribution in [0.15, 0.2) is 53.6 Å². The molecule has 6 nitrogen and oxygen atoms in total. The van der Waals surface area contributed by atoms with Gasteiger partial charge >= 0.3 is 5.97 Å². The van der Waals surface area contributed by atoms with Gasteiger partial charge in [0.15, 0.2) is 0 Å². The van der Waals surface area contributed by atoms with Crippen LogP contribution in [0.4, 0.5) is 5.69 Å². The first-order valence-corrected chi connectivity index (χ1v) is 7.39. The van der Waals surface area contributed by atoms with Gasteiger partial charge in [0.05, 0.1) is 25.4 Å². The van der Waals surface area contributed by atoms with Gasteiger partial charge in [-0.05, 0) is 36.8 Å². The zero-order chi connectivity index (χ0) is 17.4. The lowest BCUT2D eigenvalue weighted by atomic mass is 10.1. The number of nitrogens with one attached hydrogen (secondary N) is 2. The maximum atomic E-state index is 11.7. The maximum Gasteiger partial charge on any atom is 0.337 e. The number of esters is 1. The highest BCUT2D eigenvalue weighted by Gasteiger charge is 2.03. The highest BCUT2D eigenvalue weighted by atomic mass is 16.5. The van der Waals surface area contributed by atoms with E-state index in [2.05, 4.69) is 20.6 Å². The molecule has 0 heterocycles. The molecule has 0 aliphatic carbocycles. The first-order chi connectivity index (χ1) is 11.6. The average molecular weight is 325 g/mol. The molecule has 24 heavy (non-hydrogen) atoms. The maximum absolute atomic E-state index is 11.7. The number of amides is 1. The van der Waals surface area contributed by atoms with E-state index in [0.29, 0.717) is 5.56 Å². The summed E-state index contributed by atoms with van der Waals surface area (Å²) in [6.07, 6.45) is 1.50. The second kappa shape index (κ2) is 8.47. The molecule has 0 saturated carbocycles. The van der Waals surface area contributed by atoms with Gasteiger partial charge in [-0.15, -0.1) is 0 Å². The fraction of sp³-hybridized carbons (Fsp3) is 0.167. The number of aryl methyl sites for hydroxylation is 1. The zero-order valence-corrected chi connectivity index (χ0v) is 13.6. The Morgan fingerprint density at radius 2 is 1.75 bits per heavy atom. The number of anilines is 1. The lowest BCUT2D eigenvalue weighted by Gasteiger charge is -2.05. The summed E-state index contributed by atoms with van der Waals surface area (Å²) in [5, 5.41) is 6.89. The van der Waals surface area contributed by atoms with Crippen LogP contribution in [0, 0.1) is 6.92 Å². The molecule has 2 rings (SSSR count). The van der Waals surface area contributed by atoms with Gasteiger partial charge in [0, 0.05) is 5.69 Å². The summed E-state index contributed by atoms with van der Waals surface area (Å²) >= 11 is 0. The van der Waals surface area contributed by atoms with E-state index in [1.54, 1.807) is 24.3 Å². The van der Waals surface area contributed by atoms with Crippen LogP contribution in [0.3, 0.4) is 0 Å². The number of hydrogen-bond acceptors (Lipinski definition) is 5. The first-order valence-electron chi connectivity index (χ1n) is 7.39. The Kier molecular flexibility index (Phi) is 6.08. The predicted molar refractivity (Wildman–Crippen MR) is 93.2 cm³/mol. The quantitative estimate of drug-likeness (QED) is 0.485. The molecular formula is C18H19N3O3. The minimum Gasteiger partial charge on any atom is -0.465 e. The minimum absolute atomic E-state index is 0.127. The molecular weight excluding hydrogens is 306 g/mol. The highest BCUT2D eigenvalue weighted by molar-refractivity contribution is 5.91. The van der Waals surface area contributed by atoms with E-state index in [0.717, 1.165) is 16.8 Å². The Morgan fingerprint density at radius 3 is 2.38 bits per heavy atom. The van der Waals surface area contributed by atoms with E-state index < -0.39 is 5.97 Å². The number of carbonyl (C=O) groups is 2. The normalized spacial score (nSPS) is 10.4. The summed E-state index contributed by atoms with van der Waals surface area (Å²) in [6, 6.07) is 14.5. The topological polar surface area (TPSA) is 79.8 Å². The summed E-state index contributed by atoms with van der Waals surface area (Å²) in [6.45, 7) is 2.13. The average Bonchev–Trinajstić information content (AvgIpc) is 2.61. The van der Waals surface area contributed by atoms with Crippen molar-refractivity contribution >= 4 is 23.8 Å². The fourth-order valence-corrected chi connectivity index (χ4v) is 1.90. The number of rotatable bonds is 6. The summed E-state index contributed by atoms with van der Waals surface area (Å²) in [5.41, 5.74) is 5.69. The lowest BCUT2D eigenvalue weighted by Crippen LogP contribution is -2.25. The molecule has 0 atom stereocenters. The first kappa shape index (κ1) is 17.2. The molecule has 2 aromatic rings. The number of hydrazone groups is 1. The second-order valence-corrected chi connectivity index (χ2v) is 5.13. The van der Waals surface area contributed by atoms with Crippen molar-refractivity contribution in [3.8, 4) is 0 Å². The van der Waals surface area contributed by atoms with Gasteiger partial charge in [-0.3, -0.25) is 4.79 Å². The summed E-state index contributed by atoms with van der Waals surface area (Å²) in [5.74, 6) is -0.646. The van der Waals surface area contributed by atoms with Crippen molar-refractivity contribution < 1.29 is 14.3 Å². The number of nitrogens with zero attached hydrogens (tertiary/aromatic N) is 1. The molecule has 1 amide bonds. The molecule has 124 valence electrons. The minimum atomic E-state index is -0.394. The molecule has 0 spiro atoms. The summed E-state index contributed by atoms with van der Waals surface area (Å²) in [4.78, 5) is 23.0. The number of hydrogen-bond donors (Lipinski definition) is 2. The molecule has 0 unspecified atom stereocenters. The molecule has 0 aliphatic heterocycles. The molecule has 0 saturated heterocycles. The van der Waals surface area contributed by atoms with Crippen LogP contribution >= 0.6 is 0 Å². The molecule has 2 N–H and O–H groups in total. The lowest BCUT2D eigenvalue weighted by molar-refractivity contribution is -0.119. The number of ether oxygens (including phenoxy) is 1. The van der Waals surface area contributed by atoms with Crippen LogP contribution in [-0.4, -0.2) is 31.7 Å². The van der Waals surface area contributed by atoms with Gasteiger partial charge in [-0.1, -0.05) is 29.8 Å². The van der Waals surface area contributed by atoms with Gasteiger partial charge in [0.2, 0.25) is 0 Å². The Bertz CT molecular complexity index is 722. The van der Waals surface area contributed by atoms with E-state index in [1.807, 2.05) is 31.2 Å². The van der Waals surface area contributed by atoms with E-state index >= 15 is 0 Å². The number of methoxy groups -OCH3 is 1. The van der Waals surface area contributed by atoms with E-state index in [4.69, 9.17) is 0 Å². The van der Waals surface area contributed by atoms with Crippen molar-refractivity contribution in [2.75, 3.05) is 19.0 Å². The van der Waals surface area contributed by atoms with Gasteiger partial charge in [-0.2, -0.15) is 5.10 Å². The molecule has 0 radical (unpaired) electrons. The third-order valence-electron chi connectivity index (χ3n) is 3.24. The Balaban J connectivity index is 1.79.